The Morgan fingerprint density at radius 2 is 1.93 bits per heavy atom. The summed E-state index contributed by atoms with van der Waals surface area (Å²) in [6, 6.07) is 11.2. The molecule has 0 saturated carbocycles. The van der Waals surface area contributed by atoms with E-state index in [0.717, 1.165) is 42.0 Å². The van der Waals surface area contributed by atoms with E-state index in [1.54, 1.807) is 29.7 Å². The van der Waals surface area contributed by atoms with Crippen LogP contribution in [0, 0.1) is 6.92 Å². The summed E-state index contributed by atoms with van der Waals surface area (Å²) in [5.41, 5.74) is 2.67. The smallest absolute Gasteiger partial charge is 0.224 e. The molecule has 1 aliphatic heterocycles. The van der Waals surface area contributed by atoms with Gasteiger partial charge in [0, 0.05) is 35.1 Å². The van der Waals surface area contributed by atoms with Crippen molar-refractivity contribution in [2.75, 3.05) is 18.0 Å². The van der Waals surface area contributed by atoms with Gasteiger partial charge in [-0.15, -0.1) is 21.5 Å². The second-order valence-electron chi connectivity index (χ2n) is 7.50. The fourth-order valence-corrected chi connectivity index (χ4v) is 5.54. The van der Waals surface area contributed by atoms with Gasteiger partial charge >= 0.3 is 0 Å². The largest absolute Gasteiger partial charge is 0.507 e. The Kier molecular flexibility index (Phi) is 5.00. The zero-order chi connectivity index (χ0) is 20.7. The standard InChI is InChI=1S/C22H20ClN5OS/c1-13-16-12-17(15-4-2-3-5-18(15)29)26-27-21(16)30-20(13)14-7-10-28(11-8-14)19-6-9-24-22(23)25-19/h2-6,9,12,14,29H,7-8,10-11H2,1H3. The minimum Gasteiger partial charge on any atom is -0.507 e. The highest BCUT2D eigenvalue weighted by atomic mass is 35.5. The van der Waals surface area contributed by atoms with E-state index in [9.17, 15) is 5.11 Å². The maximum atomic E-state index is 10.2. The third kappa shape index (κ3) is 3.48. The van der Waals surface area contributed by atoms with Gasteiger partial charge in [0.2, 0.25) is 5.28 Å². The first-order valence-electron chi connectivity index (χ1n) is 9.89. The van der Waals surface area contributed by atoms with Crippen molar-refractivity contribution < 1.29 is 5.11 Å². The van der Waals surface area contributed by atoms with Crippen molar-refractivity contribution in [3.05, 3.63) is 58.3 Å². The maximum Gasteiger partial charge on any atom is 0.224 e. The van der Waals surface area contributed by atoms with E-state index in [2.05, 4.69) is 32.0 Å². The van der Waals surface area contributed by atoms with E-state index >= 15 is 0 Å². The zero-order valence-corrected chi connectivity index (χ0v) is 18.0. The monoisotopic (exact) mass is 437 g/mol. The second kappa shape index (κ2) is 7.81. The summed E-state index contributed by atoms with van der Waals surface area (Å²) in [7, 11) is 0. The van der Waals surface area contributed by atoms with Gasteiger partial charge in [-0.05, 0) is 67.1 Å². The molecule has 0 unspecified atom stereocenters. The van der Waals surface area contributed by atoms with E-state index in [0.29, 0.717) is 17.2 Å². The number of piperidine rings is 1. The molecule has 0 spiro atoms. The molecule has 1 aliphatic rings. The Labute approximate surface area is 183 Å². The Hall–Kier alpha value is -2.77. The first kappa shape index (κ1) is 19.2. The van der Waals surface area contributed by atoms with Gasteiger partial charge in [-0.1, -0.05) is 12.1 Å². The summed E-state index contributed by atoms with van der Waals surface area (Å²) in [5, 5.41) is 20.4. The molecule has 152 valence electrons. The number of thiophene rings is 1. The number of aromatic nitrogens is 4. The highest BCUT2D eigenvalue weighted by Gasteiger charge is 2.25. The van der Waals surface area contributed by atoms with Crippen LogP contribution >= 0.6 is 22.9 Å². The number of para-hydroxylation sites is 1. The van der Waals surface area contributed by atoms with Gasteiger partial charge in [0.05, 0.1) is 5.69 Å². The molecule has 1 fully saturated rings. The highest BCUT2D eigenvalue weighted by molar-refractivity contribution is 7.18. The van der Waals surface area contributed by atoms with Gasteiger partial charge < -0.3 is 10.0 Å². The van der Waals surface area contributed by atoms with Crippen LogP contribution in [0.2, 0.25) is 5.28 Å². The first-order chi connectivity index (χ1) is 14.6. The summed E-state index contributed by atoms with van der Waals surface area (Å²) in [5.74, 6) is 1.60. The number of halogens is 1. The van der Waals surface area contributed by atoms with Crippen molar-refractivity contribution in [3.8, 4) is 17.0 Å². The number of anilines is 1. The number of aromatic hydroxyl groups is 1. The summed E-state index contributed by atoms with van der Waals surface area (Å²) in [6.45, 7) is 4.03. The molecule has 1 N–H and O–H groups in total. The Bertz CT molecular complexity index is 1220. The van der Waals surface area contributed by atoms with Crippen LogP contribution in [0.4, 0.5) is 5.82 Å². The van der Waals surface area contributed by atoms with Crippen molar-refractivity contribution in [1.29, 1.82) is 0 Å². The normalized spacial score (nSPS) is 15.1. The maximum absolute atomic E-state index is 10.2. The van der Waals surface area contributed by atoms with Crippen LogP contribution in [-0.2, 0) is 0 Å². The molecule has 1 aromatic carbocycles. The third-order valence-corrected chi connectivity index (χ3v) is 7.26. The van der Waals surface area contributed by atoms with E-state index in [-0.39, 0.29) is 11.0 Å². The summed E-state index contributed by atoms with van der Waals surface area (Å²) in [6.07, 6.45) is 3.80. The lowest BCUT2D eigenvalue weighted by Gasteiger charge is -2.32. The Morgan fingerprint density at radius 1 is 1.13 bits per heavy atom. The van der Waals surface area contributed by atoms with Crippen LogP contribution in [0.15, 0.2) is 42.6 Å². The van der Waals surface area contributed by atoms with Crippen LogP contribution in [0.25, 0.3) is 21.5 Å². The van der Waals surface area contributed by atoms with Gasteiger partial charge in [0.1, 0.15) is 16.4 Å². The first-order valence-corrected chi connectivity index (χ1v) is 11.1. The molecule has 0 aliphatic carbocycles. The quantitative estimate of drug-likeness (QED) is 0.444. The molecule has 0 amide bonds. The van der Waals surface area contributed by atoms with Gasteiger partial charge in [0.15, 0.2) is 0 Å². The number of rotatable bonds is 3. The number of benzene rings is 1. The van der Waals surface area contributed by atoms with Gasteiger partial charge in [0.25, 0.3) is 0 Å². The lowest BCUT2D eigenvalue weighted by Crippen LogP contribution is -2.33. The van der Waals surface area contributed by atoms with Crippen molar-refractivity contribution in [2.24, 2.45) is 0 Å². The predicted octanol–water partition coefficient (Wildman–Crippen LogP) is 5.20. The number of aryl methyl sites for hydroxylation is 1. The average Bonchev–Trinajstić information content (AvgIpc) is 3.10. The molecule has 4 heterocycles. The van der Waals surface area contributed by atoms with Crippen molar-refractivity contribution >= 4 is 39.0 Å². The van der Waals surface area contributed by atoms with E-state index in [1.165, 1.54) is 10.4 Å². The second-order valence-corrected chi connectivity index (χ2v) is 8.87. The van der Waals surface area contributed by atoms with E-state index in [1.807, 2.05) is 24.3 Å². The van der Waals surface area contributed by atoms with Crippen LogP contribution in [0.5, 0.6) is 5.75 Å². The molecular formula is C22H20ClN5OS. The van der Waals surface area contributed by atoms with Crippen molar-refractivity contribution in [3.63, 3.8) is 0 Å². The minimum absolute atomic E-state index is 0.219. The van der Waals surface area contributed by atoms with E-state index < -0.39 is 0 Å². The Morgan fingerprint density at radius 3 is 2.70 bits per heavy atom. The lowest BCUT2D eigenvalue weighted by molar-refractivity contribution is 0.477. The molecule has 30 heavy (non-hydrogen) atoms. The fourth-order valence-electron chi connectivity index (χ4n) is 4.12. The fraction of sp³-hybridized carbons (Fsp3) is 0.273. The lowest BCUT2D eigenvalue weighted by atomic mass is 9.92. The van der Waals surface area contributed by atoms with Crippen LogP contribution in [-0.4, -0.2) is 38.4 Å². The summed E-state index contributed by atoms with van der Waals surface area (Å²) < 4.78 is 0. The Balaban J connectivity index is 1.40. The molecule has 1 saturated heterocycles. The van der Waals surface area contributed by atoms with Crippen molar-refractivity contribution in [1.82, 2.24) is 20.2 Å². The molecule has 0 atom stereocenters. The van der Waals surface area contributed by atoms with Gasteiger partial charge in [-0.2, -0.15) is 0 Å². The molecule has 5 rings (SSSR count). The minimum atomic E-state index is 0.219. The number of fused-ring (bicyclic) bond motifs is 1. The molecule has 8 heteroatoms. The van der Waals surface area contributed by atoms with Gasteiger partial charge in [-0.3, -0.25) is 0 Å². The number of nitrogens with zero attached hydrogens (tertiary/aromatic N) is 5. The molecule has 0 radical (unpaired) electrons. The number of hydrogen-bond donors (Lipinski definition) is 1. The SMILES string of the molecule is Cc1c(C2CCN(c3ccnc(Cl)n3)CC2)sc2nnc(-c3ccccc3O)cc12. The van der Waals surface area contributed by atoms with Crippen LogP contribution in [0.3, 0.4) is 0 Å². The highest BCUT2D eigenvalue weighted by Crippen LogP contribution is 2.40. The summed E-state index contributed by atoms with van der Waals surface area (Å²) >= 11 is 7.68. The third-order valence-electron chi connectivity index (χ3n) is 5.72. The van der Waals surface area contributed by atoms with Gasteiger partial charge in [-0.25, -0.2) is 9.97 Å². The molecule has 3 aromatic heterocycles. The molecular weight excluding hydrogens is 418 g/mol. The molecule has 4 aromatic rings. The zero-order valence-electron chi connectivity index (χ0n) is 16.4. The number of phenols is 1. The molecule has 6 nitrogen and oxygen atoms in total. The van der Waals surface area contributed by atoms with Crippen LogP contribution in [0.1, 0.15) is 29.2 Å². The van der Waals surface area contributed by atoms with Crippen LogP contribution < -0.4 is 4.90 Å². The topological polar surface area (TPSA) is 75.0 Å². The number of phenolic OH excluding ortho intramolecular Hbond substituents is 1. The predicted molar refractivity (Wildman–Crippen MR) is 120 cm³/mol. The molecule has 0 bridgehead atoms. The van der Waals surface area contributed by atoms with E-state index in [4.69, 9.17) is 11.6 Å². The average molecular weight is 438 g/mol. The van der Waals surface area contributed by atoms with Crippen molar-refractivity contribution in [2.45, 2.75) is 25.7 Å². The summed E-state index contributed by atoms with van der Waals surface area (Å²) in [4.78, 5) is 12.9. The number of hydrogen-bond acceptors (Lipinski definition) is 7.